The summed E-state index contributed by atoms with van der Waals surface area (Å²) in [4.78, 5) is 4.06. The van der Waals surface area contributed by atoms with Crippen molar-refractivity contribution in [2.24, 2.45) is 0 Å². The molecule has 1 aromatic rings. The molecule has 0 aromatic carbocycles. The molecule has 0 spiro atoms. The second-order valence-electron chi connectivity index (χ2n) is 1.80. The Morgan fingerprint density at radius 1 is 1.60 bits per heavy atom. The molecule has 0 unspecified atom stereocenters. The van der Waals surface area contributed by atoms with Crippen molar-refractivity contribution < 1.29 is 0 Å². The van der Waals surface area contributed by atoms with Crippen molar-refractivity contribution in [3.63, 3.8) is 0 Å². The van der Waals surface area contributed by atoms with Gasteiger partial charge in [0.25, 0.3) is 0 Å². The van der Waals surface area contributed by atoms with E-state index >= 15 is 0 Å². The zero-order valence-electron chi connectivity index (χ0n) is 5.54. The summed E-state index contributed by atoms with van der Waals surface area (Å²) in [6, 6.07) is 5.50. The Hall–Kier alpha value is -1.55. The Morgan fingerprint density at radius 3 is 3.00 bits per heavy atom. The lowest BCUT2D eigenvalue weighted by Crippen LogP contribution is -1.83. The first kappa shape index (κ1) is 6.57. The minimum atomic E-state index is 0.650. The van der Waals surface area contributed by atoms with Crippen LogP contribution in [0.5, 0.6) is 0 Å². The molecule has 0 amide bonds. The highest BCUT2D eigenvalue weighted by atomic mass is 14.7. The number of pyridine rings is 1. The molecule has 0 atom stereocenters. The molecule has 0 aliphatic rings. The molecule has 1 rings (SSSR count). The van der Waals surface area contributed by atoms with Gasteiger partial charge in [-0.2, -0.15) is 0 Å². The van der Waals surface area contributed by atoms with Gasteiger partial charge in [0.05, 0.1) is 5.69 Å². The summed E-state index contributed by atoms with van der Waals surface area (Å²) in [6.07, 6.45) is 6.79. The predicted octanol–water partition coefficient (Wildman–Crippen LogP) is 1.71. The van der Waals surface area contributed by atoms with Crippen LogP contribution in [0.15, 0.2) is 24.8 Å². The van der Waals surface area contributed by atoms with Gasteiger partial charge in [0.2, 0.25) is 0 Å². The first-order valence-electron chi connectivity index (χ1n) is 2.93. The van der Waals surface area contributed by atoms with Crippen molar-refractivity contribution in [3.05, 3.63) is 36.2 Å². The van der Waals surface area contributed by atoms with Crippen LogP contribution in [0.1, 0.15) is 11.4 Å². The molecular weight excluding hydrogens is 122 g/mol. The average molecular weight is 129 g/mol. The topological polar surface area (TPSA) is 12.9 Å². The van der Waals surface area contributed by atoms with Crippen molar-refractivity contribution in [1.82, 2.24) is 4.98 Å². The van der Waals surface area contributed by atoms with Crippen molar-refractivity contribution in [2.75, 3.05) is 0 Å². The average Bonchev–Trinajstić information content (AvgIpc) is 2.05. The van der Waals surface area contributed by atoms with Crippen molar-refractivity contribution >= 4 is 6.08 Å². The molecular formula is C9H7N. The number of aromatic nitrogens is 1. The van der Waals surface area contributed by atoms with E-state index < -0.39 is 0 Å². The lowest BCUT2D eigenvalue weighted by atomic mass is 10.3. The standard InChI is InChI=1S/C9H7N/c1-3-8-6-5-7-9(4-2)10-8/h1,4-7H,2H2. The van der Waals surface area contributed by atoms with Gasteiger partial charge in [-0.1, -0.05) is 18.6 Å². The first-order chi connectivity index (χ1) is 4.86. The summed E-state index contributed by atoms with van der Waals surface area (Å²) in [5, 5.41) is 0. The Labute approximate surface area is 60.4 Å². The predicted molar refractivity (Wildman–Crippen MR) is 42.3 cm³/mol. The van der Waals surface area contributed by atoms with Crippen LogP contribution in [0, 0.1) is 12.3 Å². The smallest absolute Gasteiger partial charge is 0.113 e. The monoisotopic (exact) mass is 129 g/mol. The fraction of sp³-hybridized carbons (Fsp3) is 0. The van der Waals surface area contributed by atoms with Crippen molar-refractivity contribution in [1.29, 1.82) is 0 Å². The molecule has 48 valence electrons. The summed E-state index contributed by atoms with van der Waals surface area (Å²) in [7, 11) is 0. The summed E-state index contributed by atoms with van der Waals surface area (Å²) in [5.41, 5.74) is 1.47. The van der Waals surface area contributed by atoms with E-state index in [0.29, 0.717) is 5.69 Å². The number of nitrogens with zero attached hydrogens (tertiary/aromatic N) is 1. The molecule has 0 fully saturated rings. The molecule has 1 nitrogen and oxygen atoms in total. The molecule has 0 saturated carbocycles. The van der Waals surface area contributed by atoms with Crippen molar-refractivity contribution in [2.45, 2.75) is 0 Å². The van der Waals surface area contributed by atoms with Crippen LogP contribution in [0.4, 0.5) is 0 Å². The first-order valence-corrected chi connectivity index (χ1v) is 2.93. The zero-order valence-corrected chi connectivity index (χ0v) is 5.54. The van der Waals surface area contributed by atoms with E-state index in [9.17, 15) is 0 Å². The Morgan fingerprint density at radius 2 is 2.40 bits per heavy atom. The highest BCUT2D eigenvalue weighted by Crippen LogP contribution is 1.98. The molecule has 0 bridgehead atoms. The molecule has 0 saturated heterocycles. The number of rotatable bonds is 1. The maximum atomic E-state index is 5.13. The summed E-state index contributed by atoms with van der Waals surface area (Å²) in [5.74, 6) is 2.44. The van der Waals surface area contributed by atoms with Crippen LogP contribution in [0.25, 0.3) is 6.08 Å². The third kappa shape index (κ3) is 1.24. The zero-order chi connectivity index (χ0) is 7.40. The van der Waals surface area contributed by atoms with Crippen LogP contribution >= 0.6 is 0 Å². The maximum Gasteiger partial charge on any atom is 0.113 e. The van der Waals surface area contributed by atoms with Crippen LogP contribution in [0.3, 0.4) is 0 Å². The molecule has 0 N–H and O–H groups in total. The van der Waals surface area contributed by atoms with Crippen LogP contribution in [-0.2, 0) is 0 Å². The number of terminal acetylenes is 1. The molecule has 0 aliphatic carbocycles. The fourth-order valence-corrected chi connectivity index (χ4v) is 0.646. The van der Waals surface area contributed by atoms with Crippen LogP contribution in [0.2, 0.25) is 0 Å². The van der Waals surface area contributed by atoms with Gasteiger partial charge in [0.15, 0.2) is 0 Å². The normalized spacial score (nSPS) is 8.30. The van der Waals surface area contributed by atoms with E-state index in [1.54, 1.807) is 12.1 Å². The second-order valence-corrected chi connectivity index (χ2v) is 1.80. The Kier molecular flexibility index (Phi) is 1.86. The van der Waals surface area contributed by atoms with E-state index in [1.807, 2.05) is 12.1 Å². The molecule has 0 aliphatic heterocycles. The van der Waals surface area contributed by atoms with Gasteiger partial charge in [0, 0.05) is 0 Å². The highest BCUT2D eigenvalue weighted by molar-refractivity contribution is 5.43. The molecule has 0 radical (unpaired) electrons. The summed E-state index contributed by atoms with van der Waals surface area (Å²) >= 11 is 0. The third-order valence-corrected chi connectivity index (χ3v) is 1.13. The van der Waals surface area contributed by atoms with E-state index in [0.717, 1.165) is 5.69 Å². The molecule has 1 heteroatoms. The molecule has 1 heterocycles. The van der Waals surface area contributed by atoms with Gasteiger partial charge in [-0.05, 0) is 18.2 Å². The molecule has 1 aromatic heterocycles. The third-order valence-electron chi connectivity index (χ3n) is 1.13. The fourth-order valence-electron chi connectivity index (χ4n) is 0.646. The van der Waals surface area contributed by atoms with E-state index in [1.165, 1.54) is 0 Å². The lowest BCUT2D eigenvalue weighted by molar-refractivity contribution is 1.26. The van der Waals surface area contributed by atoms with Gasteiger partial charge in [-0.3, -0.25) is 0 Å². The van der Waals surface area contributed by atoms with Gasteiger partial charge < -0.3 is 0 Å². The van der Waals surface area contributed by atoms with Gasteiger partial charge in [0.1, 0.15) is 5.69 Å². The number of hydrogen-bond donors (Lipinski definition) is 0. The quantitative estimate of drug-likeness (QED) is 0.526. The van der Waals surface area contributed by atoms with Gasteiger partial charge in [-0.25, -0.2) is 4.98 Å². The summed E-state index contributed by atoms with van der Waals surface area (Å²) in [6.45, 7) is 3.58. The van der Waals surface area contributed by atoms with E-state index in [-0.39, 0.29) is 0 Å². The van der Waals surface area contributed by atoms with Crippen molar-refractivity contribution in [3.8, 4) is 12.3 Å². The Bertz CT molecular complexity index is 281. The van der Waals surface area contributed by atoms with Gasteiger partial charge >= 0.3 is 0 Å². The summed E-state index contributed by atoms with van der Waals surface area (Å²) < 4.78 is 0. The van der Waals surface area contributed by atoms with Crippen LogP contribution in [-0.4, -0.2) is 4.98 Å². The SMILES string of the molecule is C#Cc1cccc(C=C)n1. The largest absolute Gasteiger partial charge is 0.240 e. The lowest BCUT2D eigenvalue weighted by Gasteiger charge is -1.90. The minimum absolute atomic E-state index is 0.650. The molecule has 10 heavy (non-hydrogen) atoms. The maximum absolute atomic E-state index is 5.13. The van der Waals surface area contributed by atoms with Crippen LogP contribution < -0.4 is 0 Å². The minimum Gasteiger partial charge on any atom is -0.240 e. The number of hydrogen-bond acceptors (Lipinski definition) is 1. The van der Waals surface area contributed by atoms with E-state index in [2.05, 4.69) is 17.5 Å². The Balaban J connectivity index is 3.13. The second kappa shape index (κ2) is 2.84. The highest BCUT2D eigenvalue weighted by Gasteiger charge is 1.87. The van der Waals surface area contributed by atoms with E-state index in [4.69, 9.17) is 6.42 Å². The van der Waals surface area contributed by atoms with Gasteiger partial charge in [-0.15, -0.1) is 6.42 Å².